The number of unbranched alkanes of at least 4 members (excludes halogenated alkanes) is 1. The number of aliphatic carboxylic acids is 1. The molecule has 0 saturated carbocycles. The smallest absolute Gasteiger partial charge is 0.326 e. The van der Waals surface area contributed by atoms with E-state index in [1.54, 1.807) is 13.1 Å². The average Bonchev–Trinajstić information content (AvgIpc) is 2.33. The first-order valence-corrected chi connectivity index (χ1v) is 6.02. The molecule has 0 rings (SSSR count). The number of nitrogens with two attached hydrogens (primary N) is 1. The highest BCUT2D eigenvalue weighted by Gasteiger charge is 2.21. The number of urea groups is 1. The van der Waals surface area contributed by atoms with E-state index in [1.165, 1.54) is 4.90 Å². The lowest BCUT2D eigenvalue weighted by Gasteiger charge is -2.21. The fourth-order valence-electron chi connectivity index (χ4n) is 1.38. The quantitative estimate of drug-likeness (QED) is 0.414. The topological polar surface area (TPSA) is 113 Å². The Hall–Kier alpha value is -2.05. The molecule has 1 atom stereocenters. The summed E-state index contributed by atoms with van der Waals surface area (Å²) in [5, 5.41) is 11.3. The van der Waals surface area contributed by atoms with Gasteiger partial charge in [-0.05, 0) is 19.3 Å². The molecule has 0 aliphatic rings. The fourth-order valence-corrected chi connectivity index (χ4v) is 1.38. The van der Waals surface area contributed by atoms with E-state index in [0.29, 0.717) is 6.54 Å². The van der Waals surface area contributed by atoms with Gasteiger partial charge in [0, 0.05) is 20.0 Å². The molecule has 3 amide bonds. The minimum Gasteiger partial charge on any atom is -0.480 e. The van der Waals surface area contributed by atoms with Gasteiger partial charge in [-0.1, -0.05) is 6.08 Å². The third-order valence-corrected chi connectivity index (χ3v) is 2.52. The number of allylic oxidation sites excluding steroid dienone is 1. The van der Waals surface area contributed by atoms with Gasteiger partial charge in [-0.3, -0.25) is 4.79 Å². The van der Waals surface area contributed by atoms with Crippen LogP contribution in [-0.4, -0.2) is 47.5 Å². The SMILES string of the molecule is C=CCCCN(C)C(=O)N[C@@H](CCC(N)=O)C(=O)O. The molecule has 19 heavy (non-hydrogen) atoms. The molecule has 0 aliphatic carbocycles. The average molecular weight is 271 g/mol. The van der Waals surface area contributed by atoms with Crippen LogP contribution in [0.25, 0.3) is 0 Å². The van der Waals surface area contributed by atoms with Gasteiger partial charge in [-0.15, -0.1) is 6.58 Å². The van der Waals surface area contributed by atoms with E-state index < -0.39 is 23.9 Å². The maximum absolute atomic E-state index is 11.7. The Balaban J connectivity index is 4.25. The van der Waals surface area contributed by atoms with Crippen molar-refractivity contribution in [3.05, 3.63) is 12.7 Å². The van der Waals surface area contributed by atoms with Crippen LogP contribution in [0.3, 0.4) is 0 Å². The molecule has 108 valence electrons. The third-order valence-electron chi connectivity index (χ3n) is 2.52. The highest BCUT2D eigenvalue weighted by molar-refractivity contribution is 5.83. The van der Waals surface area contributed by atoms with Gasteiger partial charge in [0.1, 0.15) is 6.04 Å². The summed E-state index contributed by atoms with van der Waals surface area (Å²) in [5.74, 6) is -1.78. The van der Waals surface area contributed by atoms with Crippen molar-refractivity contribution in [2.75, 3.05) is 13.6 Å². The van der Waals surface area contributed by atoms with Gasteiger partial charge in [0.2, 0.25) is 5.91 Å². The van der Waals surface area contributed by atoms with Gasteiger partial charge in [0.15, 0.2) is 0 Å². The Morgan fingerprint density at radius 2 is 2.11 bits per heavy atom. The zero-order chi connectivity index (χ0) is 14.8. The van der Waals surface area contributed by atoms with E-state index in [1.807, 2.05) is 0 Å². The molecule has 4 N–H and O–H groups in total. The molecule has 7 nitrogen and oxygen atoms in total. The zero-order valence-corrected chi connectivity index (χ0v) is 11.1. The van der Waals surface area contributed by atoms with Crippen molar-refractivity contribution in [3.8, 4) is 0 Å². The molecular weight excluding hydrogens is 250 g/mol. The first-order chi connectivity index (χ1) is 8.88. The lowest BCUT2D eigenvalue weighted by atomic mass is 10.1. The Morgan fingerprint density at radius 3 is 2.58 bits per heavy atom. The highest BCUT2D eigenvalue weighted by Crippen LogP contribution is 2.00. The van der Waals surface area contributed by atoms with Crippen molar-refractivity contribution in [1.82, 2.24) is 10.2 Å². The Kier molecular flexibility index (Phi) is 7.99. The first-order valence-electron chi connectivity index (χ1n) is 6.02. The van der Waals surface area contributed by atoms with Crippen molar-refractivity contribution in [3.63, 3.8) is 0 Å². The number of carbonyl (C=O) groups is 3. The van der Waals surface area contributed by atoms with Gasteiger partial charge < -0.3 is 21.1 Å². The molecule has 0 spiro atoms. The number of carbonyl (C=O) groups excluding carboxylic acids is 2. The molecule has 0 radical (unpaired) electrons. The second kappa shape index (κ2) is 8.96. The van der Waals surface area contributed by atoms with Crippen LogP contribution in [0.1, 0.15) is 25.7 Å². The Labute approximate surface area is 112 Å². The monoisotopic (exact) mass is 271 g/mol. The molecule has 0 bridgehead atoms. The van der Waals surface area contributed by atoms with Crippen LogP contribution in [-0.2, 0) is 9.59 Å². The summed E-state index contributed by atoms with van der Waals surface area (Å²) in [4.78, 5) is 34.6. The molecule has 0 aromatic rings. The fraction of sp³-hybridized carbons (Fsp3) is 0.583. The molecule has 0 aromatic carbocycles. The van der Waals surface area contributed by atoms with Crippen molar-refractivity contribution in [2.45, 2.75) is 31.7 Å². The van der Waals surface area contributed by atoms with E-state index in [2.05, 4.69) is 11.9 Å². The molecule has 0 fully saturated rings. The second-order valence-corrected chi connectivity index (χ2v) is 4.20. The highest BCUT2D eigenvalue weighted by atomic mass is 16.4. The van der Waals surface area contributed by atoms with Crippen molar-refractivity contribution < 1.29 is 19.5 Å². The molecule has 0 saturated heterocycles. The Bertz CT molecular complexity index is 344. The number of nitrogens with zero attached hydrogens (tertiary/aromatic N) is 1. The largest absolute Gasteiger partial charge is 0.480 e. The maximum atomic E-state index is 11.7. The van der Waals surface area contributed by atoms with Crippen LogP contribution in [0.15, 0.2) is 12.7 Å². The summed E-state index contributed by atoms with van der Waals surface area (Å²) in [6, 6.07) is -1.59. The molecule has 0 aliphatic heterocycles. The van der Waals surface area contributed by atoms with Gasteiger partial charge in [0.25, 0.3) is 0 Å². The lowest BCUT2D eigenvalue weighted by Crippen LogP contribution is -2.47. The molecule has 0 aromatic heterocycles. The van der Waals surface area contributed by atoms with Crippen LogP contribution < -0.4 is 11.1 Å². The minimum atomic E-state index is -1.19. The van der Waals surface area contributed by atoms with Crippen LogP contribution in [0.4, 0.5) is 4.79 Å². The number of amides is 3. The van der Waals surface area contributed by atoms with Crippen molar-refractivity contribution >= 4 is 17.9 Å². The van der Waals surface area contributed by atoms with Crippen molar-refractivity contribution in [1.29, 1.82) is 0 Å². The van der Waals surface area contributed by atoms with E-state index >= 15 is 0 Å². The molecular formula is C12H21N3O4. The summed E-state index contributed by atoms with van der Waals surface area (Å²) in [6.07, 6.45) is 3.18. The summed E-state index contributed by atoms with van der Waals surface area (Å²) in [5.41, 5.74) is 4.95. The second-order valence-electron chi connectivity index (χ2n) is 4.20. The predicted molar refractivity (Wildman–Crippen MR) is 70.4 cm³/mol. The molecule has 0 heterocycles. The number of primary amides is 1. The van der Waals surface area contributed by atoms with Crippen LogP contribution in [0.2, 0.25) is 0 Å². The lowest BCUT2D eigenvalue weighted by molar-refractivity contribution is -0.139. The number of nitrogens with one attached hydrogen (secondary N) is 1. The van der Waals surface area contributed by atoms with Gasteiger partial charge in [0.05, 0.1) is 0 Å². The summed E-state index contributed by atoms with van der Waals surface area (Å²) >= 11 is 0. The first kappa shape index (κ1) is 16.9. The summed E-state index contributed by atoms with van der Waals surface area (Å²) in [6.45, 7) is 4.07. The number of hydrogen-bond donors (Lipinski definition) is 3. The summed E-state index contributed by atoms with van der Waals surface area (Å²) in [7, 11) is 1.57. The minimum absolute atomic E-state index is 0.0170. The zero-order valence-electron chi connectivity index (χ0n) is 11.1. The third kappa shape index (κ3) is 7.80. The van der Waals surface area contributed by atoms with E-state index in [9.17, 15) is 14.4 Å². The van der Waals surface area contributed by atoms with Crippen LogP contribution in [0, 0.1) is 0 Å². The van der Waals surface area contributed by atoms with Crippen molar-refractivity contribution in [2.24, 2.45) is 5.73 Å². The standard InChI is InChI=1S/C12H21N3O4/c1-3-4-5-8-15(2)12(19)14-9(11(17)18)6-7-10(13)16/h3,9H,1,4-8H2,2H3,(H2,13,16)(H,14,19)(H,17,18)/t9-/m0/s1. The van der Waals surface area contributed by atoms with Gasteiger partial charge >= 0.3 is 12.0 Å². The van der Waals surface area contributed by atoms with Gasteiger partial charge in [-0.25, -0.2) is 9.59 Å². The molecule has 0 unspecified atom stereocenters. The van der Waals surface area contributed by atoms with E-state index in [0.717, 1.165) is 12.8 Å². The van der Waals surface area contributed by atoms with E-state index in [-0.39, 0.29) is 12.8 Å². The number of rotatable bonds is 9. The van der Waals surface area contributed by atoms with Crippen LogP contribution in [0.5, 0.6) is 0 Å². The van der Waals surface area contributed by atoms with Crippen LogP contribution >= 0.6 is 0 Å². The number of carboxylic acids is 1. The normalized spacial score (nSPS) is 11.4. The van der Waals surface area contributed by atoms with Gasteiger partial charge in [-0.2, -0.15) is 0 Å². The molecule has 7 heteroatoms. The summed E-state index contributed by atoms with van der Waals surface area (Å²) < 4.78 is 0. The predicted octanol–water partition coefficient (Wildman–Crippen LogP) is 0.313. The maximum Gasteiger partial charge on any atom is 0.326 e. The Morgan fingerprint density at radius 1 is 1.47 bits per heavy atom. The van der Waals surface area contributed by atoms with E-state index in [4.69, 9.17) is 10.8 Å². The number of carboxylic acid groups (broad SMARTS) is 1. The number of hydrogen-bond acceptors (Lipinski definition) is 3.